The van der Waals surface area contributed by atoms with Crippen LogP contribution in [0.1, 0.15) is 25.3 Å². The average molecular weight is 289 g/mol. The Bertz CT molecular complexity index is 524. The van der Waals surface area contributed by atoms with Crippen molar-refractivity contribution in [2.75, 3.05) is 30.3 Å². The van der Waals surface area contributed by atoms with Crippen LogP contribution < -0.4 is 10.6 Å². The minimum atomic E-state index is -0.785. The van der Waals surface area contributed by atoms with Crippen molar-refractivity contribution in [3.05, 3.63) is 23.8 Å². The zero-order valence-electron chi connectivity index (χ0n) is 12.4. The predicted molar refractivity (Wildman–Crippen MR) is 84.0 cm³/mol. The van der Waals surface area contributed by atoms with Gasteiger partial charge >= 0.3 is 5.97 Å². The Morgan fingerprint density at radius 2 is 2.19 bits per heavy atom. The van der Waals surface area contributed by atoms with E-state index in [4.69, 9.17) is 5.11 Å². The lowest BCUT2D eigenvalue weighted by atomic mass is 10.0. The molecule has 21 heavy (non-hydrogen) atoms. The van der Waals surface area contributed by atoms with Crippen LogP contribution in [0.25, 0.3) is 0 Å². The molecular formula is C16H23N3O2. The van der Waals surface area contributed by atoms with E-state index in [1.54, 1.807) is 0 Å². The number of piperidine rings is 1. The van der Waals surface area contributed by atoms with Crippen LogP contribution in [0.5, 0.6) is 0 Å². The number of hydrogen-bond donors (Lipinski definition) is 3. The highest BCUT2D eigenvalue weighted by Crippen LogP contribution is 2.29. The first-order valence-electron chi connectivity index (χ1n) is 7.77. The Morgan fingerprint density at radius 1 is 1.43 bits per heavy atom. The number of rotatable bonds is 4. The molecule has 0 amide bonds. The van der Waals surface area contributed by atoms with Gasteiger partial charge in [0.2, 0.25) is 0 Å². The summed E-state index contributed by atoms with van der Waals surface area (Å²) in [5, 5.41) is 15.7. The third-order valence-corrected chi connectivity index (χ3v) is 4.56. The number of likely N-dealkylation sites (tertiary alicyclic amines) is 1. The van der Waals surface area contributed by atoms with Crippen molar-refractivity contribution in [1.29, 1.82) is 0 Å². The molecule has 5 heteroatoms. The summed E-state index contributed by atoms with van der Waals surface area (Å²) in [6.07, 6.45) is 2.90. The molecule has 0 aliphatic carbocycles. The highest BCUT2D eigenvalue weighted by Gasteiger charge is 2.26. The molecule has 1 aromatic carbocycles. The van der Waals surface area contributed by atoms with Crippen LogP contribution >= 0.6 is 0 Å². The molecule has 114 valence electrons. The van der Waals surface area contributed by atoms with Crippen molar-refractivity contribution >= 4 is 17.3 Å². The van der Waals surface area contributed by atoms with E-state index in [1.165, 1.54) is 12.8 Å². The number of fused-ring (bicyclic) bond motifs is 1. The topological polar surface area (TPSA) is 64.6 Å². The quantitative estimate of drug-likeness (QED) is 0.791. The summed E-state index contributed by atoms with van der Waals surface area (Å²) in [4.78, 5) is 13.5. The fourth-order valence-electron chi connectivity index (χ4n) is 3.23. The van der Waals surface area contributed by atoms with E-state index in [-0.39, 0.29) is 0 Å². The maximum absolute atomic E-state index is 11.0. The predicted octanol–water partition coefficient (Wildman–Crippen LogP) is 2.00. The first-order valence-corrected chi connectivity index (χ1v) is 7.77. The van der Waals surface area contributed by atoms with E-state index in [0.717, 1.165) is 36.6 Å². The van der Waals surface area contributed by atoms with Crippen LogP contribution in [-0.4, -0.2) is 47.7 Å². The van der Waals surface area contributed by atoms with Gasteiger partial charge in [0, 0.05) is 36.9 Å². The first-order chi connectivity index (χ1) is 10.2. The molecule has 3 N–H and O–H groups in total. The van der Waals surface area contributed by atoms with Gasteiger partial charge in [-0.1, -0.05) is 6.92 Å². The molecule has 2 aliphatic heterocycles. The lowest BCUT2D eigenvalue weighted by Crippen LogP contribution is -2.38. The van der Waals surface area contributed by atoms with E-state index >= 15 is 0 Å². The van der Waals surface area contributed by atoms with Crippen molar-refractivity contribution in [3.8, 4) is 0 Å². The second kappa shape index (κ2) is 5.93. The maximum atomic E-state index is 11.0. The number of carboxylic acids is 1. The third kappa shape index (κ3) is 3.13. The van der Waals surface area contributed by atoms with E-state index in [9.17, 15) is 4.79 Å². The van der Waals surface area contributed by atoms with Gasteiger partial charge in [-0.25, -0.2) is 4.79 Å². The van der Waals surface area contributed by atoms with E-state index in [2.05, 4.69) is 28.5 Å². The van der Waals surface area contributed by atoms with Crippen LogP contribution in [0.15, 0.2) is 18.2 Å². The van der Waals surface area contributed by atoms with Gasteiger partial charge in [-0.05, 0) is 43.1 Å². The average Bonchev–Trinajstić information content (AvgIpc) is 2.91. The molecule has 1 saturated heterocycles. The van der Waals surface area contributed by atoms with Crippen molar-refractivity contribution in [1.82, 2.24) is 4.90 Å². The minimum Gasteiger partial charge on any atom is -0.480 e. The molecule has 0 saturated carbocycles. The van der Waals surface area contributed by atoms with Crippen LogP contribution in [0.3, 0.4) is 0 Å². The Morgan fingerprint density at radius 3 is 2.86 bits per heavy atom. The smallest absolute Gasteiger partial charge is 0.326 e. The molecule has 2 heterocycles. The van der Waals surface area contributed by atoms with Gasteiger partial charge in [0.15, 0.2) is 0 Å². The summed E-state index contributed by atoms with van der Waals surface area (Å²) >= 11 is 0. The number of benzene rings is 1. The molecule has 0 spiro atoms. The summed E-state index contributed by atoms with van der Waals surface area (Å²) < 4.78 is 0. The Balaban J connectivity index is 1.61. The van der Waals surface area contributed by atoms with Crippen LogP contribution in [0.2, 0.25) is 0 Å². The van der Waals surface area contributed by atoms with Crippen molar-refractivity contribution in [2.45, 2.75) is 38.3 Å². The number of aliphatic carboxylic acids is 1. The Kier molecular flexibility index (Phi) is 4.01. The molecule has 1 unspecified atom stereocenters. The molecule has 1 atom stereocenters. The molecule has 1 aromatic rings. The van der Waals surface area contributed by atoms with Crippen molar-refractivity contribution < 1.29 is 9.90 Å². The van der Waals surface area contributed by atoms with E-state index in [1.807, 2.05) is 12.1 Å². The number of carbonyl (C=O) groups is 1. The zero-order valence-corrected chi connectivity index (χ0v) is 12.4. The Hall–Kier alpha value is -1.75. The van der Waals surface area contributed by atoms with Crippen LogP contribution in [0, 0.1) is 0 Å². The summed E-state index contributed by atoms with van der Waals surface area (Å²) in [5.74, 6) is -0.785. The van der Waals surface area contributed by atoms with Gasteiger partial charge in [-0.15, -0.1) is 0 Å². The summed E-state index contributed by atoms with van der Waals surface area (Å²) in [7, 11) is 0. The number of nitrogens with one attached hydrogen (secondary N) is 2. The number of carboxylic acid groups (broad SMARTS) is 1. The molecule has 0 bridgehead atoms. The van der Waals surface area contributed by atoms with Gasteiger partial charge in [0.1, 0.15) is 6.04 Å². The van der Waals surface area contributed by atoms with Gasteiger partial charge < -0.3 is 20.6 Å². The minimum absolute atomic E-state index is 0.483. The van der Waals surface area contributed by atoms with E-state index in [0.29, 0.717) is 12.5 Å². The van der Waals surface area contributed by atoms with Crippen LogP contribution in [-0.2, 0) is 11.2 Å². The maximum Gasteiger partial charge on any atom is 0.326 e. The summed E-state index contributed by atoms with van der Waals surface area (Å²) in [5.41, 5.74) is 3.16. The highest BCUT2D eigenvalue weighted by atomic mass is 16.4. The molecule has 0 aromatic heterocycles. The number of anilines is 2. The lowest BCUT2D eigenvalue weighted by molar-refractivity contribution is -0.137. The SMILES string of the molecule is CCN1CCC(Nc2ccc3c(c2)CC(C(=O)O)N3)CC1. The molecule has 3 rings (SSSR count). The third-order valence-electron chi connectivity index (χ3n) is 4.56. The molecule has 5 nitrogen and oxygen atoms in total. The molecule has 1 fully saturated rings. The fourth-order valence-corrected chi connectivity index (χ4v) is 3.23. The first kappa shape index (κ1) is 14.2. The largest absolute Gasteiger partial charge is 0.480 e. The molecule has 2 aliphatic rings. The Labute approximate surface area is 125 Å². The van der Waals surface area contributed by atoms with Crippen molar-refractivity contribution in [3.63, 3.8) is 0 Å². The normalized spacial score (nSPS) is 22.6. The van der Waals surface area contributed by atoms with Crippen LogP contribution in [0.4, 0.5) is 11.4 Å². The van der Waals surface area contributed by atoms with Gasteiger partial charge in [0.05, 0.1) is 0 Å². The second-order valence-electron chi connectivity index (χ2n) is 5.96. The van der Waals surface area contributed by atoms with Gasteiger partial charge in [-0.2, -0.15) is 0 Å². The second-order valence-corrected chi connectivity index (χ2v) is 5.96. The monoisotopic (exact) mass is 289 g/mol. The standard InChI is InChI=1S/C16H23N3O2/c1-2-19-7-5-12(6-8-19)17-13-3-4-14-11(9-13)10-15(18-14)16(20)21/h3-4,9,12,15,17-18H,2,5-8,10H2,1H3,(H,20,21). The lowest BCUT2D eigenvalue weighted by Gasteiger charge is -2.32. The summed E-state index contributed by atoms with van der Waals surface area (Å²) in [6.45, 7) is 5.65. The molecular weight excluding hydrogens is 266 g/mol. The number of hydrogen-bond acceptors (Lipinski definition) is 4. The van der Waals surface area contributed by atoms with Gasteiger partial charge in [0.25, 0.3) is 0 Å². The van der Waals surface area contributed by atoms with Crippen molar-refractivity contribution in [2.24, 2.45) is 0 Å². The molecule has 0 radical (unpaired) electrons. The van der Waals surface area contributed by atoms with E-state index < -0.39 is 12.0 Å². The summed E-state index contributed by atoms with van der Waals surface area (Å²) in [6, 6.07) is 6.17. The zero-order chi connectivity index (χ0) is 14.8. The van der Waals surface area contributed by atoms with Gasteiger partial charge in [-0.3, -0.25) is 0 Å². The highest BCUT2D eigenvalue weighted by molar-refractivity contribution is 5.81. The number of nitrogens with zero attached hydrogens (tertiary/aromatic N) is 1. The fraction of sp³-hybridized carbons (Fsp3) is 0.562.